The molecule has 2 aromatic carbocycles. The van der Waals surface area contributed by atoms with Crippen LogP contribution < -0.4 is 14.4 Å². The molecule has 0 saturated heterocycles. The van der Waals surface area contributed by atoms with Crippen LogP contribution in [0.1, 0.15) is 66.9 Å². The smallest absolute Gasteiger partial charge is 0.264 e. The van der Waals surface area contributed by atoms with Crippen molar-refractivity contribution in [2.45, 2.75) is 68.6 Å². The maximum Gasteiger partial charge on any atom is 0.264 e. The van der Waals surface area contributed by atoms with Gasteiger partial charge in [0.15, 0.2) is 0 Å². The molecule has 40 heavy (non-hydrogen) atoms. The van der Waals surface area contributed by atoms with E-state index in [1.165, 1.54) is 11.1 Å². The summed E-state index contributed by atoms with van der Waals surface area (Å²) in [6.07, 6.45) is 8.93. The number of aliphatic hydroxyl groups excluding tert-OH is 1. The molecule has 1 fully saturated rings. The van der Waals surface area contributed by atoms with Gasteiger partial charge in [0.25, 0.3) is 5.91 Å². The fraction of sp³-hybridized carbons (Fsp3) is 0.516. The average molecular weight is 585 g/mol. The van der Waals surface area contributed by atoms with Crippen molar-refractivity contribution in [1.82, 2.24) is 4.72 Å². The quantitative estimate of drug-likeness (QED) is 0.423. The molecular weight excluding hydrogens is 548 g/mol. The second kappa shape index (κ2) is 10.7. The third-order valence-electron chi connectivity index (χ3n) is 9.50. The summed E-state index contributed by atoms with van der Waals surface area (Å²) in [6, 6.07) is 11.4. The molecule has 0 radical (unpaired) electrons. The summed E-state index contributed by atoms with van der Waals surface area (Å²) in [7, 11) is -3.88. The molecule has 1 spiro atoms. The van der Waals surface area contributed by atoms with Crippen molar-refractivity contribution >= 4 is 33.2 Å². The maximum atomic E-state index is 13.2. The van der Waals surface area contributed by atoms with Crippen molar-refractivity contribution in [2.24, 2.45) is 11.8 Å². The van der Waals surface area contributed by atoms with Crippen molar-refractivity contribution in [3.8, 4) is 5.75 Å². The molecule has 1 amide bonds. The Kier molecular flexibility index (Phi) is 7.38. The SMILES string of the molecule is C[C@@H]1C/C=C/C[C@@H](O)[C@@H]2CC[C@H]2CN2C[C@@]3(CCCc4cc(Cl)ccc43)COc3ccc(cc32)C(=O)NS1(=O)=O. The van der Waals surface area contributed by atoms with Crippen molar-refractivity contribution in [1.29, 1.82) is 0 Å². The first-order chi connectivity index (χ1) is 19.1. The number of anilines is 1. The number of sulfonamides is 1. The fourth-order valence-corrected chi connectivity index (χ4v) is 8.12. The molecule has 4 aliphatic rings. The van der Waals surface area contributed by atoms with Gasteiger partial charge in [-0.3, -0.25) is 4.79 Å². The van der Waals surface area contributed by atoms with E-state index in [0.29, 0.717) is 31.2 Å². The lowest BCUT2D eigenvalue weighted by Crippen LogP contribution is -2.49. The molecule has 1 saturated carbocycles. The summed E-state index contributed by atoms with van der Waals surface area (Å²) in [5.41, 5.74) is 3.34. The molecule has 7 nitrogen and oxygen atoms in total. The Balaban J connectivity index is 1.42. The van der Waals surface area contributed by atoms with Crippen LogP contribution in [0, 0.1) is 11.8 Å². The summed E-state index contributed by atoms with van der Waals surface area (Å²) >= 11 is 6.37. The van der Waals surface area contributed by atoms with Crippen LogP contribution >= 0.6 is 11.6 Å². The standard InChI is InChI=1S/C31H37ClN2O5S/c1-20-5-2-3-7-28(35)25-11-8-23(25)17-34-18-31(14-4-6-21-15-24(32)10-12-26(21)31)19-39-29-13-9-22(16-27(29)34)30(36)33-40(20,37)38/h2-3,9-10,12-13,15-16,20,23,25,28,35H,4-8,11,14,17-19H2,1H3,(H,33,36)/b3-2+/t20-,23+,25-,28-,31+/m1/s1. The molecule has 214 valence electrons. The first-order valence-electron chi connectivity index (χ1n) is 14.3. The Morgan fingerprint density at radius 3 is 2.75 bits per heavy atom. The van der Waals surface area contributed by atoms with Gasteiger partial charge in [0.1, 0.15) is 5.75 Å². The zero-order valence-corrected chi connectivity index (χ0v) is 24.4. The number of carbonyl (C=O) groups excluding carboxylic acids is 1. The number of nitrogens with one attached hydrogen (secondary N) is 1. The summed E-state index contributed by atoms with van der Waals surface area (Å²) in [5.74, 6) is 0.529. The molecular formula is C31H37ClN2O5S. The second-order valence-corrected chi connectivity index (χ2v) is 14.6. The number of halogens is 1. The van der Waals surface area contributed by atoms with Gasteiger partial charge in [-0.05, 0) is 105 Å². The zero-order valence-electron chi connectivity index (χ0n) is 22.8. The number of ether oxygens (including phenoxy) is 1. The van der Waals surface area contributed by atoms with Crippen LogP contribution in [0.2, 0.25) is 5.02 Å². The van der Waals surface area contributed by atoms with Gasteiger partial charge in [0.05, 0.1) is 23.6 Å². The molecule has 0 aromatic heterocycles. The second-order valence-electron chi connectivity index (χ2n) is 12.1. The number of hydrogen-bond donors (Lipinski definition) is 2. The number of hydrogen-bond acceptors (Lipinski definition) is 6. The van der Waals surface area contributed by atoms with Gasteiger partial charge in [0, 0.05) is 29.1 Å². The molecule has 6 rings (SSSR count). The number of amides is 1. The molecule has 2 heterocycles. The van der Waals surface area contributed by atoms with Gasteiger partial charge in [-0.25, -0.2) is 13.1 Å². The monoisotopic (exact) mass is 584 g/mol. The van der Waals surface area contributed by atoms with E-state index in [-0.39, 0.29) is 23.3 Å². The summed E-state index contributed by atoms with van der Waals surface area (Å²) in [4.78, 5) is 15.5. The van der Waals surface area contributed by atoms with Crippen LogP contribution in [-0.2, 0) is 21.9 Å². The first kappa shape index (κ1) is 27.6. The average Bonchev–Trinajstić information content (AvgIpc) is 3.05. The van der Waals surface area contributed by atoms with Crippen LogP contribution in [0.15, 0.2) is 48.6 Å². The fourth-order valence-electron chi connectivity index (χ4n) is 6.98. The van der Waals surface area contributed by atoms with Gasteiger partial charge >= 0.3 is 0 Å². The molecule has 0 unspecified atom stereocenters. The van der Waals surface area contributed by atoms with Gasteiger partial charge < -0.3 is 14.7 Å². The number of benzene rings is 2. The van der Waals surface area contributed by atoms with Crippen LogP contribution in [-0.4, -0.2) is 50.5 Å². The number of fused-ring (bicyclic) bond motifs is 4. The van der Waals surface area contributed by atoms with E-state index in [1.807, 2.05) is 12.1 Å². The third-order valence-corrected chi connectivity index (χ3v) is 11.5. The number of aryl methyl sites for hydroxylation is 1. The number of rotatable bonds is 0. The van der Waals surface area contributed by atoms with Crippen LogP contribution in [0.5, 0.6) is 5.75 Å². The Labute approximate surface area is 241 Å². The largest absolute Gasteiger partial charge is 0.490 e. The highest BCUT2D eigenvalue weighted by Crippen LogP contribution is 2.46. The van der Waals surface area contributed by atoms with Crippen LogP contribution in [0.25, 0.3) is 0 Å². The van der Waals surface area contributed by atoms with Gasteiger partial charge in [-0.2, -0.15) is 0 Å². The number of allylic oxidation sites excluding steroid dienone is 1. The maximum absolute atomic E-state index is 13.2. The number of aliphatic hydroxyl groups is 1. The molecule has 2 aliphatic carbocycles. The van der Waals surface area contributed by atoms with Crippen molar-refractivity contribution in [3.63, 3.8) is 0 Å². The molecule has 2 aliphatic heterocycles. The number of carbonyl (C=O) groups is 1. The lowest BCUT2D eigenvalue weighted by Gasteiger charge is -2.45. The predicted molar refractivity (Wildman–Crippen MR) is 157 cm³/mol. The highest BCUT2D eigenvalue weighted by atomic mass is 35.5. The molecule has 9 heteroatoms. The zero-order chi connectivity index (χ0) is 28.1. The van der Waals surface area contributed by atoms with Crippen LogP contribution in [0.4, 0.5) is 5.69 Å². The molecule has 5 atom stereocenters. The minimum absolute atomic E-state index is 0.172. The van der Waals surface area contributed by atoms with Gasteiger partial charge in [-0.15, -0.1) is 0 Å². The highest BCUT2D eigenvalue weighted by Gasteiger charge is 2.44. The molecule has 2 N–H and O–H groups in total. The van der Waals surface area contributed by atoms with Gasteiger partial charge in [-0.1, -0.05) is 29.8 Å². The lowest BCUT2D eigenvalue weighted by molar-refractivity contribution is 0.0177. The van der Waals surface area contributed by atoms with E-state index < -0.39 is 27.3 Å². The van der Waals surface area contributed by atoms with Crippen molar-refractivity contribution in [3.05, 3.63) is 70.3 Å². The minimum atomic E-state index is -3.88. The lowest BCUT2D eigenvalue weighted by atomic mass is 9.68. The molecule has 2 bridgehead atoms. The summed E-state index contributed by atoms with van der Waals surface area (Å²) in [6.45, 7) is 3.52. The Morgan fingerprint density at radius 1 is 1.12 bits per heavy atom. The highest BCUT2D eigenvalue weighted by molar-refractivity contribution is 7.90. The number of nitrogens with zero attached hydrogens (tertiary/aromatic N) is 1. The van der Waals surface area contributed by atoms with Crippen molar-refractivity contribution < 1.29 is 23.1 Å². The normalized spacial score (nSPS) is 32.5. The van der Waals surface area contributed by atoms with Crippen molar-refractivity contribution in [2.75, 3.05) is 24.6 Å². The van der Waals surface area contributed by atoms with E-state index in [0.717, 1.165) is 49.4 Å². The van der Waals surface area contributed by atoms with E-state index in [4.69, 9.17) is 16.3 Å². The van der Waals surface area contributed by atoms with Crippen LogP contribution in [0.3, 0.4) is 0 Å². The van der Waals surface area contributed by atoms with E-state index in [1.54, 1.807) is 31.2 Å². The van der Waals surface area contributed by atoms with E-state index in [2.05, 4.69) is 21.8 Å². The minimum Gasteiger partial charge on any atom is -0.490 e. The van der Waals surface area contributed by atoms with E-state index >= 15 is 0 Å². The third kappa shape index (κ3) is 5.14. The molecule has 2 aromatic rings. The summed E-state index contributed by atoms with van der Waals surface area (Å²) < 4.78 is 34.6. The van der Waals surface area contributed by atoms with Gasteiger partial charge in [0.2, 0.25) is 10.0 Å². The Morgan fingerprint density at radius 2 is 1.95 bits per heavy atom. The van der Waals surface area contributed by atoms with E-state index in [9.17, 15) is 18.3 Å². The Bertz CT molecular complexity index is 1440. The first-order valence-corrected chi connectivity index (χ1v) is 16.3. The Hall–Kier alpha value is -2.55. The topological polar surface area (TPSA) is 95.9 Å². The predicted octanol–water partition coefficient (Wildman–Crippen LogP) is 5.00. The summed E-state index contributed by atoms with van der Waals surface area (Å²) in [5, 5.41) is 11.0.